The molecule has 146 valence electrons. The first-order chi connectivity index (χ1) is 13.4. The average molecular weight is 389 g/mol. The molecular formula is C26H32OSi. The summed E-state index contributed by atoms with van der Waals surface area (Å²) in [7, 11) is -2.13. The van der Waals surface area contributed by atoms with Crippen LogP contribution in [0.1, 0.15) is 40.5 Å². The minimum atomic E-state index is -2.13. The van der Waals surface area contributed by atoms with Crippen LogP contribution < -0.4 is 10.4 Å². The zero-order valence-corrected chi connectivity index (χ0v) is 18.6. The maximum Gasteiger partial charge on any atom is 0.124 e. The second kappa shape index (κ2) is 8.36. The number of hydrogen-bond acceptors (Lipinski definition) is 1. The highest BCUT2D eigenvalue weighted by Crippen LogP contribution is 2.42. The van der Waals surface area contributed by atoms with E-state index < -0.39 is 8.07 Å². The molecule has 0 saturated heterocycles. The van der Waals surface area contributed by atoms with Gasteiger partial charge in [-0.25, -0.2) is 0 Å². The van der Waals surface area contributed by atoms with Crippen LogP contribution in [0.2, 0.25) is 11.1 Å². The van der Waals surface area contributed by atoms with Gasteiger partial charge in [0.15, 0.2) is 0 Å². The lowest BCUT2D eigenvalue weighted by molar-refractivity contribution is 0.477. The molecular weight excluding hydrogens is 356 g/mol. The molecule has 0 unspecified atom stereocenters. The molecule has 0 fully saturated rings. The Morgan fingerprint density at radius 2 is 1.32 bits per heavy atom. The number of aromatic hydroxyl groups is 1. The van der Waals surface area contributed by atoms with Crippen molar-refractivity contribution in [2.45, 2.75) is 51.6 Å². The van der Waals surface area contributed by atoms with Crippen molar-refractivity contribution in [3.05, 3.63) is 78.9 Å². The fraction of sp³-hybridized carbons (Fsp3) is 0.308. The van der Waals surface area contributed by atoms with Gasteiger partial charge in [-0.15, -0.1) is 0 Å². The van der Waals surface area contributed by atoms with Crippen LogP contribution in [-0.2, 0) is 0 Å². The molecule has 0 amide bonds. The lowest BCUT2D eigenvalue weighted by Gasteiger charge is -2.45. The van der Waals surface area contributed by atoms with Crippen LogP contribution in [0.15, 0.2) is 78.9 Å². The number of phenols is 1. The van der Waals surface area contributed by atoms with Gasteiger partial charge in [0.1, 0.15) is 13.8 Å². The molecule has 0 aliphatic heterocycles. The summed E-state index contributed by atoms with van der Waals surface area (Å²) < 4.78 is 0. The number of para-hydroxylation sites is 1. The van der Waals surface area contributed by atoms with Gasteiger partial charge in [-0.3, -0.25) is 0 Å². The highest BCUT2D eigenvalue weighted by atomic mass is 28.3. The van der Waals surface area contributed by atoms with Gasteiger partial charge in [0.25, 0.3) is 0 Å². The van der Waals surface area contributed by atoms with E-state index in [1.54, 1.807) is 6.07 Å². The van der Waals surface area contributed by atoms with Crippen LogP contribution in [0.5, 0.6) is 5.75 Å². The van der Waals surface area contributed by atoms with Gasteiger partial charge in [0.2, 0.25) is 0 Å². The van der Waals surface area contributed by atoms with Crippen molar-refractivity contribution in [3.63, 3.8) is 0 Å². The minimum absolute atomic E-state index is 0.143. The molecule has 0 aliphatic carbocycles. The maximum atomic E-state index is 10.6. The molecule has 0 spiro atoms. The molecule has 2 heteroatoms. The van der Waals surface area contributed by atoms with Gasteiger partial charge in [0.05, 0.1) is 0 Å². The monoisotopic (exact) mass is 388 g/mol. The molecule has 3 aromatic carbocycles. The Balaban J connectivity index is 2.36. The van der Waals surface area contributed by atoms with Gasteiger partial charge in [-0.05, 0) is 27.9 Å². The topological polar surface area (TPSA) is 20.2 Å². The van der Waals surface area contributed by atoms with Gasteiger partial charge < -0.3 is 5.11 Å². The summed E-state index contributed by atoms with van der Waals surface area (Å²) in [6.07, 6.45) is 2.41. The molecule has 0 saturated carbocycles. The van der Waals surface area contributed by atoms with Crippen LogP contribution in [0.25, 0.3) is 11.1 Å². The number of benzene rings is 3. The first-order valence-electron chi connectivity index (χ1n) is 10.3. The highest BCUT2D eigenvalue weighted by Gasteiger charge is 2.47. The third kappa shape index (κ3) is 3.66. The van der Waals surface area contributed by atoms with Crippen molar-refractivity contribution >= 4 is 18.4 Å². The second-order valence-electron chi connectivity index (χ2n) is 8.69. The number of hydrogen-bond donors (Lipinski definition) is 1. The van der Waals surface area contributed by atoms with Gasteiger partial charge in [-0.2, -0.15) is 0 Å². The van der Waals surface area contributed by atoms with Crippen molar-refractivity contribution in [1.29, 1.82) is 0 Å². The molecule has 0 heterocycles. The van der Waals surface area contributed by atoms with E-state index in [0.29, 0.717) is 5.75 Å². The zero-order valence-electron chi connectivity index (χ0n) is 17.6. The second-order valence-corrected chi connectivity index (χ2v) is 13.6. The summed E-state index contributed by atoms with van der Waals surface area (Å²) in [6, 6.07) is 28.8. The zero-order chi connectivity index (χ0) is 20.2. The van der Waals surface area contributed by atoms with E-state index in [1.165, 1.54) is 34.8 Å². The Morgan fingerprint density at radius 3 is 1.93 bits per heavy atom. The third-order valence-electron chi connectivity index (χ3n) is 6.03. The van der Waals surface area contributed by atoms with E-state index in [1.807, 2.05) is 18.2 Å². The van der Waals surface area contributed by atoms with Crippen molar-refractivity contribution in [2.24, 2.45) is 0 Å². The van der Waals surface area contributed by atoms with Gasteiger partial charge in [-0.1, -0.05) is 119 Å². The fourth-order valence-corrected chi connectivity index (χ4v) is 10.6. The van der Waals surface area contributed by atoms with Crippen molar-refractivity contribution in [3.8, 4) is 16.9 Å². The average Bonchev–Trinajstić information content (AvgIpc) is 2.69. The predicted octanol–water partition coefficient (Wildman–Crippen LogP) is 6.22. The van der Waals surface area contributed by atoms with Crippen molar-refractivity contribution in [2.75, 3.05) is 0 Å². The van der Waals surface area contributed by atoms with E-state index >= 15 is 0 Å². The Hall–Kier alpha value is -2.32. The van der Waals surface area contributed by atoms with E-state index in [-0.39, 0.29) is 5.04 Å². The molecule has 3 aromatic rings. The number of phenolic OH excluding ortho intramolecular Hbond substituents is 1. The lowest BCUT2D eigenvalue weighted by atomic mass is 10.0. The summed E-state index contributed by atoms with van der Waals surface area (Å²) >= 11 is 0. The Morgan fingerprint density at radius 1 is 0.750 bits per heavy atom. The normalized spacial score (nSPS) is 13.9. The third-order valence-corrected chi connectivity index (χ3v) is 12.4. The maximum absolute atomic E-state index is 10.6. The van der Waals surface area contributed by atoms with Crippen LogP contribution in [0.3, 0.4) is 0 Å². The Bertz CT molecular complexity index is 911. The summed E-state index contributed by atoms with van der Waals surface area (Å²) in [5, 5.41) is 13.7. The highest BCUT2D eigenvalue weighted by molar-refractivity contribution is 7.05. The molecule has 1 nitrogen and oxygen atoms in total. The summed E-state index contributed by atoms with van der Waals surface area (Å²) in [5.41, 5.74) is 2.12. The fourth-order valence-electron chi connectivity index (χ4n) is 4.60. The van der Waals surface area contributed by atoms with E-state index in [2.05, 4.69) is 82.3 Å². The molecule has 3 rings (SSSR count). The Kier molecular flexibility index (Phi) is 6.10. The largest absolute Gasteiger partial charge is 0.507 e. The molecule has 1 N–H and O–H groups in total. The quantitative estimate of drug-likeness (QED) is 0.497. The van der Waals surface area contributed by atoms with E-state index in [4.69, 9.17) is 0 Å². The lowest BCUT2D eigenvalue weighted by Crippen LogP contribution is -2.64. The van der Waals surface area contributed by atoms with Gasteiger partial charge >= 0.3 is 0 Å². The molecule has 0 aromatic heterocycles. The first-order valence-corrected chi connectivity index (χ1v) is 12.6. The summed E-state index contributed by atoms with van der Waals surface area (Å²) in [5.74, 6) is 0.357. The number of rotatable bonds is 6. The van der Waals surface area contributed by atoms with Crippen LogP contribution in [-0.4, -0.2) is 13.2 Å². The van der Waals surface area contributed by atoms with Crippen LogP contribution in [0.4, 0.5) is 0 Å². The van der Waals surface area contributed by atoms with E-state index in [9.17, 15) is 5.11 Å². The molecule has 0 bridgehead atoms. The van der Waals surface area contributed by atoms with E-state index in [0.717, 1.165) is 5.56 Å². The summed E-state index contributed by atoms with van der Waals surface area (Å²) in [4.78, 5) is 0. The molecule has 1 atom stereocenters. The SMILES string of the molecule is CCCC[Si@](c1ccccc1)(c1ccccc1-c1ccccc1O)C(C)(C)C. The van der Waals surface area contributed by atoms with Crippen LogP contribution >= 0.6 is 0 Å². The first kappa shape index (κ1) is 20.4. The molecule has 28 heavy (non-hydrogen) atoms. The minimum Gasteiger partial charge on any atom is -0.507 e. The van der Waals surface area contributed by atoms with Crippen LogP contribution in [0, 0.1) is 0 Å². The standard InChI is InChI=1S/C26H32OSi/c1-5-6-20-28(26(2,3)4,21-14-8-7-9-15-21)25-19-13-11-17-23(25)22-16-10-12-18-24(22)27/h7-19,27H,5-6,20H2,1-4H3/t28-/m0/s1. The smallest absolute Gasteiger partial charge is 0.124 e. The van der Waals surface area contributed by atoms with Gasteiger partial charge in [0, 0.05) is 5.56 Å². The summed E-state index contributed by atoms with van der Waals surface area (Å²) in [6.45, 7) is 9.50. The predicted molar refractivity (Wildman–Crippen MR) is 124 cm³/mol. The molecule has 0 radical (unpaired) electrons. The molecule has 0 aliphatic rings. The van der Waals surface area contributed by atoms with Crippen molar-refractivity contribution in [1.82, 2.24) is 0 Å². The van der Waals surface area contributed by atoms with Crippen molar-refractivity contribution < 1.29 is 5.11 Å². The number of unbranched alkanes of at least 4 members (excludes halogenated alkanes) is 1. The Labute approximate surface area is 171 Å².